The molecule has 0 radical (unpaired) electrons. The molecule has 1 aromatic heterocycles. The number of carbonyl (C=O) groups excluding carboxylic acids is 1. The van der Waals surface area contributed by atoms with E-state index in [0.717, 1.165) is 12.1 Å². The molecule has 1 aliphatic heterocycles. The number of aromatic nitrogens is 2. The van der Waals surface area contributed by atoms with E-state index in [4.69, 9.17) is 9.84 Å². The van der Waals surface area contributed by atoms with Gasteiger partial charge in [0.05, 0.1) is 17.2 Å². The van der Waals surface area contributed by atoms with E-state index >= 15 is 0 Å². The van der Waals surface area contributed by atoms with E-state index in [2.05, 4.69) is 19.2 Å². The van der Waals surface area contributed by atoms with Crippen LogP contribution in [0.25, 0.3) is 23.0 Å². The summed E-state index contributed by atoms with van der Waals surface area (Å²) in [5.41, 5.74) is 2.63. The molecule has 2 heterocycles. The largest absolute Gasteiger partial charge is 0.494 e. The number of ether oxygens (including phenoxy) is 1. The summed E-state index contributed by atoms with van der Waals surface area (Å²) >= 11 is 0. The minimum atomic E-state index is -3.74. The van der Waals surface area contributed by atoms with Gasteiger partial charge < -0.3 is 10.1 Å². The molecule has 226 valence electrons. The molecule has 0 spiro atoms. The number of piperidine rings is 1. The van der Waals surface area contributed by atoms with Gasteiger partial charge in [0.25, 0.3) is 5.91 Å². The quantitative estimate of drug-likeness (QED) is 0.180. The summed E-state index contributed by atoms with van der Waals surface area (Å²) < 4.78 is 36.1. The van der Waals surface area contributed by atoms with Gasteiger partial charge in [-0.15, -0.1) is 0 Å². The number of sulfonamides is 1. The number of benzene rings is 3. The average molecular weight is 610 g/mol. The molecule has 0 saturated carbocycles. The van der Waals surface area contributed by atoms with Crippen LogP contribution in [0.4, 0.5) is 5.69 Å². The number of nitrogens with zero attached hydrogens (tertiary/aromatic N) is 4. The van der Waals surface area contributed by atoms with E-state index in [1.807, 2.05) is 43.3 Å². The van der Waals surface area contributed by atoms with Crippen LogP contribution >= 0.6 is 0 Å². The minimum Gasteiger partial charge on any atom is -0.494 e. The van der Waals surface area contributed by atoms with Crippen molar-refractivity contribution < 1.29 is 17.9 Å². The van der Waals surface area contributed by atoms with Crippen LogP contribution in [-0.4, -0.2) is 48.1 Å². The number of rotatable bonds is 9. The Labute approximate surface area is 258 Å². The van der Waals surface area contributed by atoms with Gasteiger partial charge in [0.15, 0.2) is 0 Å². The lowest BCUT2D eigenvalue weighted by atomic mass is 9.94. The Morgan fingerprint density at radius 2 is 1.75 bits per heavy atom. The Bertz CT molecular complexity index is 1800. The van der Waals surface area contributed by atoms with Gasteiger partial charge in [0.2, 0.25) is 10.0 Å². The molecule has 10 heteroatoms. The highest BCUT2D eigenvalue weighted by atomic mass is 32.2. The second-order valence-electron chi connectivity index (χ2n) is 11.1. The van der Waals surface area contributed by atoms with E-state index in [0.29, 0.717) is 48.0 Å². The third-order valence-corrected chi connectivity index (χ3v) is 9.26. The van der Waals surface area contributed by atoms with Crippen LogP contribution < -0.4 is 10.1 Å². The van der Waals surface area contributed by atoms with E-state index in [9.17, 15) is 18.5 Å². The third-order valence-electron chi connectivity index (χ3n) is 7.43. The van der Waals surface area contributed by atoms with Crippen molar-refractivity contribution in [2.24, 2.45) is 11.8 Å². The Hall–Kier alpha value is -4.72. The van der Waals surface area contributed by atoms with E-state index in [-0.39, 0.29) is 22.3 Å². The van der Waals surface area contributed by atoms with Gasteiger partial charge in [0, 0.05) is 36.1 Å². The highest BCUT2D eigenvalue weighted by molar-refractivity contribution is 7.89. The minimum absolute atomic E-state index is 0.132. The van der Waals surface area contributed by atoms with Crippen LogP contribution in [0.15, 0.2) is 95.5 Å². The van der Waals surface area contributed by atoms with Crippen molar-refractivity contribution in [2.75, 3.05) is 25.0 Å². The molecule has 9 nitrogen and oxygen atoms in total. The Balaban J connectivity index is 1.52. The van der Waals surface area contributed by atoms with E-state index in [1.54, 1.807) is 63.7 Å². The van der Waals surface area contributed by atoms with Crippen LogP contribution in [0.2, 0.25) is 0 Å². The summed E-state index contributed by atoms with van der Waals surface area (Å²) in [5.74, 6) is 0.633. The van der Waals surface area contributed by atoms with Crippen molar-refractivity contribution in [3.63, 3.8) is 0 Å². The number of carbonyl (C=O) groups is 1. The van der Waals surface area contributed by atoms with Gasteiger partial charge in [-0.1, -0.05) is 44.2 Å². The first-order valence-corrected chi connectivity index (χ1v) is 16.0. The highest BCUT2D eigenvalue weighted by Crippen LogP contribution is 2.31. The summed E-state index contributed by atoms with van der Waals surface area (Å²) in [6.45, 7) is 7.51. The number of nitrogens with one attached hydrogen (secondary N) is 1. The van der Waals surface area contributed by atoms with Crippen molar-refractivity contribution in [2.45, 2.75) is 32.1 Å². The van der Waals surface area contributed by atoms with Crippen molar-refractivity contribution >= 4 is 27.7 Å². The fourth-order valence-electron chi connectivity index (χ4n) is 5.49. The van der Waals surface area contributed by atoms with Crippen LogP contribution in [-0.2, 0) is 14.8 Å². The van der Waals surface area contributed by atoms with Crippen molar-refractivity contribution in [3.05, 3.63) is 96.2 Å². The van der Waals surface area contributed by atoms with Gasteiger partial charge in [-0.2, -0.15) is 14.7 Å². The van der Waals surface area contributed by atoms with Crippen molar-refractivity contribution in [1.82, 2.24) is 14.1 Å². The smallest absolute Gasteiger partial charge is 0.266 e. The first-order valence-electron chi connectivity index (χ1n) is 14.6. The zero-order valence-electron chi connectivity index (χ0n) is 25.0. The molecule has 0 bridgehead atoms. The Morgan fingerprint density at radius 1 is 1.05 bits per heavy atom. The van der Waals surface area contributed by atoms with Crippen LogP contribution in [0.3, 0.4) is 0 Å². The zero-order chi connectivity index (χ0) is 31.3. The number of amides is 1. The van der Waals surface area contributed by atoms with Gasteiger partial charge >= 0.3 is 0 Å². The maximum absolute atomic E-state index is 13.7. The maximum atomic E-state index is 13.7. The second kappa shape index (κ2) is 13.3. The lowest BCUT2D eigenvalue weighted by Crippen LogP contribution is -2.42. The lowest BCUT2D eigenvalue weighted by Gasteiger charge is -2.34. The van der Waals surface area contributed by atoms with E-state index in [1.165, 1.54) is 6.08 Å². The average Bonchev–Trinajstić information content (AvgIpc) is 3.45. The van der Waals surface area contributed by atoms with Gasteiger partial charge in [-0.3, -0.25) is 4.79 Å². The van der Waals surface area contributed by atoms with Gasteiger partial charge in [-0.05, 0) is 79.8 Å². The topological polar surface area (TPSA) is 117 Å². The fourth-order valence-corrected chi connectivity index (χ4v) is 7.21. The third kappa shape index (κ3) is 6.91. The Morgan fingerprint density at radius 3 is 2.41 bits per heavy atom. The number of hydrogen-bond acceptors (Lipinski definition) is 6. The number of nitriles is 1. The van der Waals surface area contributed by atoms with Gasteiger partial charge in [-0.25, -0.2) is 13.1 Å². The highest BCUT2D eigenvalue weighted by Gasteiger charge is 2.32. The fraction of sp³-hybridized carbons (Fsp3) is 0.265. The SMILES string of the molecule is CCOc1ccc(NC(=O)/C(C#N)=C\c2cn(-c3ccccc3)nc2-c2cccc(S(=O)(=O)N3CC(C)CC(C)C3)c2)cc1. The number of para-hydroxylation sites is 1. The molecular formula is C34H35N5O4S. The molecule has 1 N–H and O–H groups in total. The molecule has 44 heavy (non-hydrogen) atoms. The predicted molar refractivity (Wildman–Crippen MR) is 171 cm³/mol. The molecule has 5 rings (SSSR count). The van der Waals surface area contributed by atoms with Gasteiger partial charge in [0.1, 0.15) is 23.1 Å². The molecule has 2 atom stereocenters. The Kier molecular flexibility index (Phi) is 9.28. The van der Waals surface area contributed by atoms with Crippen molar-refractivity contribution in [1.29, 1.82) is 5.26 Å². The normalized spacial score (nSPS) is 17.5. The lowest BCUT2D eigenvalue weighted by molar-refractivity contribution is -0.112. The predicted octanol–water partition coefficient (Wildman–Crippen LogP) is 6.15. The molecule has 1 fully saturated rings. The van der Waals surface area contributed by atoms with Crippen LogP contribution in [0, 0.1) is 23.2 Å². The maximum Gasteiger partial charge on any atom is 0.266 e. The molecule has 3 aromatic carbocycles. The zero-order valence-corrected chi connectivity index (χ0v) is 25.8. The molecule has 1 amide bonds. The summed E-state index contributed by atoms with van der Waals surface area (Å²) in [5, 5.41) is 17.5. The molecule has 1 aliphatic rings. The molecule has 0 aliphatic carbocycles. The summed E-state index contributed by atoms with van der Waals surface area (Å²) in [6, 6.07) is 25.0. The first kappa shape index (κ1) is 30.7. The van der Waals surface area contributed by atoms with Crippen LogP contribution in [0.5, 0.6) is 5.75 Å². The molecule has 2 unspecified atom stereocenters. The summed E-state index contributed by atoms with van der Waals surface area (Å²) in [7, 11) is -3.74. The standard InChI is InChI=1S/C34H35N5O4S/c1-4-43-31-15-13-29(14-16-31)36-34(40)27(20-35)18-28-23-39(30-10-6-5-7-11-30)37-33(28)26-9-8-12-32(19-26)44(41,42)38-21-24(2)17-25(3)22-38/h5-16,18-19,23-25H,4,17,21-22H2,1-3H3,(H,36,40)/b27-18-. The van der Waals surface area contributed by atoms with E-state index < -0.39 is 15.9 Å². The monoisotopic (exact) mass is 609 g/mol. The molecule has 4 aromatic rings. The second-order valence-corrected chi connectivity index (χ2v) is 13.0. The first-order chi connectivity index (χ1) is 21.2. The summed E-state index contributed by atoms with van der Waals surface area (Å²) in [4.78, 5) is 13.3. The number of hydrogen-bond donors (Lipinski definition) is 1. The summed E-state index contributed by atoms with van der Waals surface area (Å²) in [6.07, 6.45) is 4.19. The number of anilines is 1. The molecule has 1 saturated heterocycles. The van der Waals surface area contributed by atoms with Crippen molar-refractivity contribution in [3.8, 4) is 28.8 Å². The van der Waals surface area contributed by atoms with Crippen LogP contribution in [0.1, 0.15) is 32.8 Å². The molecular weight excluding hydrogens is 574 g/mol.